The molecule has 0 atom stereocenters. The fourth-order valence-corrected chi connectivity index (χ4v) is 4.48. The summed E-state index contributed by atoms with van der Waals surface area (Å²) in [5.41, 5.74) is 9.15. The van der Waals surface area contributed by atoms with Gasteiger partial charge in [-0.05, 0) is 80.6 Å². The van der Waals surface area contributed by atoms with Crippen molar-refractivity contribution in [1.82, 2.24) is 24.8 Å². The van der Waals surface area contributed by atoms with Gasteiger partial charge in [0.25, 0.3) is 0 Å². The van der Waals surface area contributed by atoms with Gasteiger partial charge < -0.3 is 0 Å². The highest BCUT2D eigenvalue weighted by Crippen LogP contribution is 2.29. The molecule has 0 aliphatic heterocycles. The van der Waals surface area contributed by atoms with Crippen LogP contribution in [0.1, 0.15) is 44.6 Å². The van der Waals surface area contributed by atoms with Crippen molar-refractivity contribution < 1.29 is 0 Å². The van der Waals surface area contributed by atoms with Gasteiger partial charge in [0.2, 0.25) is 0 Å². The van der Waals surface area contributed by atoms with Crippen LogP contribution in [0.5, 0.6) is 0 Å². The second-order valence-electron chi connectivity index (χ2n) is 9.44. The molecule has 3 aromatic heterocycles. The van der Waals surface area contributed by atoms with Crippen molar-refractivity contribution in [3.63, 3.8) is 0 Å². The predicted molar refractivity (Wildman–Crippen MR) is 154 cm³/mol. The molecular weight excluding hydrogens is 454 g/mol. The van der Waals surface area contributed by atoms with Crippen LogP contribution in [0.2, 0.25) is 0 Å². The first-order valence-corrected chi connectivity index (χ1v) is 13.5. The Morgan fingerprint density at radius 1 is 0.514 bits per heavy atom. The van der Waals surface area contributed by atoms with Crippen molar-refractivity contribution in [3.8, 4) is 33.9 Å². The molecule has 0 spiro atoms. The Bertz CT molecular complexity index is 1220. The van der Waals surface area contributed by atoms with Crippen LogP contribution in [-0.4, -0.2) is 50.9 Å². The van der Waals surface area contributed by atoms with E-state index in [4.69, 9.17) is 15.0 Å². The fourth-order valence-electron chi connectivity index (χ4n) is 4.48. The van der Waals surface area contributed by atoms with E-state index < -0.39 is 0 Å². The number of aryl methyl sites for hydroxylation is 1. The molecule has 4 rings (SSSR count). The Kier molecular flexibility index (Phi) is 9.15. The minimum atomic E-state index is 0.834. The molecule has 0 amide bonds. The molecule has 5 heteroatoms. The molecule has 37 heavy (non-hydrogen) atoms. The van der Waals surface area contributed by atoms with Gasteiger partial charge in [-0.2, -0.15) is 0 Å². The number of aromatic nitrogens is 3. The van der Waals surface area contributed by atoms with E-state index in [1.807, 2.05) is 0 Å². The smallest absolute Gasteiger partial charge is 0.0900 e. The summed E-state index contributed by atoms with van der Waals surface area (Å²) in [6, 6.07) is 25.4. The minimum Gasteiger partial charge on any atom is -0.298 e. The van der Waals surface area contributed by atoms with E-state index >= 15 is 0 Å². The van der Waals surface area contributed by atoms with E-state index in [-0.39, 0.29) is 0 Å². The van der Waals surface area contributed by atoms with Crippen LogP contribution < -0.4 is 0 Å². The van der Waals surface area contributed by atoms with Crippen molar-refractivity contribution in [1.29, 1.82) is 0 Å². The highest BCUT2D eigenvalue weighted by Gasteiger charge is 2.13. The number of benzene rings is 1. The highest BCUT2D eigenvalue weighted by atomic mass is 15.1. The molecule has 0 bridgehead atoms. The van der Waals surface area contributed by atoms with E-state index in [1.165, 1.54) is 5.56 Å². The van der Waals surface area contributed by atoms with E-state index in [1.54, 1.807) is 0 Å². The van der Waals surface area contributed by atoms with Crippen molar-refractivity contribution >= 4 is 0 Å². The highest BCUT2D eigenvalue weighted by molar-refractivity contribution is 5.74. The molecule has 0 saturated carbocycles. The third-order valence-corrected chi connectivity index (χ3v) is 6.91. The Hall–Kier alpha value is -3.41. The Balaban J connectivity index is 1.78. The third-order valence-electron chi connectivity index (χ3n) is 6.91. The zero-order valence-corrected chi connectivity index (χ0v) is 22.9. The minimum absolute atomic E-state index is 0.834. The lowest BCUT2D eigenvalue weighted by atomic mass is 10.0. The molecule has 5 nitrogen and oxygen atoms in total. The van der Waals surface area contributed by atoms with Gasteiger partial charge in [0.15, 0.2) is 0 Å². The molecule has 1 aromatic carbocycles. The topological polar surface area (TPSA) is 45.2 Å². The van der Waals surface area contributed by atoms with Gasteiger partial charge in [-0.25, -0.2) is 15.0 Å². The summed E-state index contributed by atoms with van der Waals surface area (Å²) >= 11 is 0. The maximum absolute atomic E-state index is 5.09. The lowest BCUT2D eigenvalue weighted by Crippen LogP contribution is -2.22. The third kappa shape index (κ3) is 6.88. The molecule has 0 radical (unpaired) electrons. The summed E-state index contributed by atoms with van der Waals surface area (Å²) in [5.74, 6) is 0. The molecule has 192 valence electrons. The zero-order valence-electron chi connectivity index (χ0n) is 22.9. The lowest BCUT2D eigenvalue weighted by molar-refractivity contribution is 0.292. The molecule has 0 saturated heterocycles. The van der Waals surface area contributed by atoms with Crippen LogP contribution in [0.4, 0.5) is 0 Å². The van der Waals surface area contributed by atoms with Gasteiger partial charge in [0.1, 0.15) is 0 Å². The van der Waals surface area contributed by atoms with Crippen LogP contribution in [-0.2, 0) is 13.1 Å². The summed E-state index contributed by atoms with van der Waals surface area (Å²) in [7, 11) is 0. The molecule has 0 fully saturated rings. The Labute approximate surface area is 222 Å². The average Bonchev–Trinajstić information content (AvgIpc) is 2.95. The van der Waals surface area contributed by atoms with Gasteiger partial charge in [0.05, 0.1) is 34.2 Å². The molecular formula is C32H39N5. The number of pyridine rings is 3. The number of nitrogens with zero attached hydrogens (tertiary/aromatic N) is 5. The molecule has 0 aliphatic rings. The SMILES string of the molecule is CCN(CC)Cc1cccc(-c2cc(-c3ccc(C)cc3)cc(-c3cccc(CN(CC)CC)n3)n2)n1. The van der Waals surface area contributed by atoms with E-state index in [9.17, 15) is 0 Å². The molecule has 3 heterocycles. The first-order chi connectivity index (χ1) is 18.0. The standard InChI is InChI=1S/C32H39N5/c1-6-36(7-2)22-27-12-10-14-29(33-27)31-20-26(25-18-16-24(5)17-19-25)21-32(35-31)30-15-11-13-28(34-30)23-37(8-3)9-4/h10-21H,6-9,22-23H2,1-5H3. The van der Waals surface area contributed by atoms with Crippen molar-refractivity contribution in [3.05, 3.63) is 89.7 Å². The second-order valence-corrected chi connectivity index (χ2v) is 9.44. The van der Waals surface area contributed by atoms with Crippen LogP contribution in [0.3, 0.4) is 0 Å². The van der Waals surface area contributed by atoms with Crippen molar-refractivity contribution in [2.24, 2.45) is 0 Å². The van der Waals surface area contributed by atoms with Gasteiger partial charge >= 0.3 is 0 Å². The van der Waals surface area contributed by atoms with Crippen LogP contribution in [0.15, 0.2) is 72.8 Å². The summed E-state index contributed by atoms with van der Waals surface area (Å²) in [4.78, 5) is 19.9. The Morgan fingerprint density at radius 2 is 0.973 bits per heavy atom. The van der Waals surface area contributed by atoms with E-state index in [2.05, 4.69) is 117 Å². The predicted octanol–water partition coefficient (Wildman–Crippen LogP) is 6.86. The average molecular weight is 494 g/mol. The first kappa shape index (κ1) is 26.6. The largest absolute Gasteiger partial charge is 0.298 e. The van der Waals surface area contributed by atoms with Gasteiger partial charge in [-0.1, -0.05) is 69.7 Å². The Morgan fingerprint density at radius 3 is 1.41 bits per heavy atom. The monoisotopic (exact) mass is 493 g/mol. The van der Waals surface area contributed by atoms with Crippen LogP contribution >= 0.6 is 0 Å². The maximum atomic E-state index is 5.09. The maximum Gasteiger partial charge on any atom is 0.0900 e. The fraction of sp³-hybridized carbons (Fsp3) is 0.344. The lowest BCUT2D eigenvalue weighted by Gasteiger charge is -2.18. The molecule has 0 N–H and O–H groups in total. The number of hydrogen-bond donors (Lipinski definition) is 0. The van der Waals surface area contributed by atoms with Crippen molar-refractivity contribution in [2.45, 2.75) is 47.7 Å². The van der Waals surface area contributed by atoms with Gasteiger partial charge in [0, 0.05) is 13.1 Å². The normalized spacial score (nSPS) is 11.4. The quantitative estimate of drug-likeness (QED) is 0.228. The van der Waals surface area contributed by atoms with Gasteiger partial charge in [-0.3, -0.25) is 9.80 Å². The first-order valence-electron chi connectivity index (χ1n) is 13.5. The summed E-state index contributed by atoms with van der Waals surface area (Å²) < 4.78 is 0. The summed E-state index contributed by atoms with van der Waals surface area (Å²) in [5, 5.41) is 0. The van der Waals surface area contributed by atoms with Crippen LogP contribution in [0.25, 0.3) is 33.9 Å². The zero-order chi connectivity index (χ0) is 26.2. The summed E-state index contributed by atoms with van der Waals surface area (Å²) in [6.45, 7) is 16.5. The molecule has 0 aliphatic carbocycles. The van der Waals surface area contributed by atoms with E-state index in [0.29, 0.717) is 0 Å². The molecule has 4 aromatic rings. The summed E-state index contributed by atoms with van der Waals surface area (Å²) in [6.07, 6.45) is 0. The van der Waals surface area contributed by atoms with E-state index in [0.717, 1.165) is 84.6 Å². The molecule has 0 unspecified atom stereocenters. The number of hydrogen-bond acceptors (Lipinski definition) is 5. The van der Waals surface area contributed by atoms with Crippen LogP contribution in [0, 0.1) is 6.92 Å². The van der Waals surface area contributed by atoms with Gasteiger partial charge in [-0.15, -0.1) is 0 Å². The number of rotatable bonds is 11. The van der Waals surface area contributed by atoms with Crippen molar-refractivity contribution in [2.75, 3.05) is 26.2 Å². The second kappa shape index (κ2) is 12.7.